The highest BCUT2D eigenvalue weighted by atomic mass is 19.1. The molecule has 1 N–H and O–H groups in total. The van der Waals surface area contributed by atoms with Crippen LogP contribution in [0.25, 0.3) is 11.6 Å². The standard InChI is InChI=1S/C22H24FN5O2/c23-18-4-2-1-3-16(18)9-10-20(29)26-13-15-5-7-17(8-6-15)21-27-28-22(30-21)19-14-24-11-12-25-19/h1-4,11-12,14-15,17H,5-10,13H2,(H,26,29). The van der Waals surface area contributed by atoms with Crippen molar-refractivity contribution in [1.29, 1.82) is 0 Å². The predicted molar refractivity (Wildman–Crippen MR) is 108 cm³/mol. The van der Waals surface area contributed by atoms with Crippen LogP contribution in [0.4, 0.5) is 4.39 Å². The Hall–Kier alpha value is -3.16. The van der Waals surface area contributed by atoms with E-state index in [0.717, 1.165) is 25.7 Å². The van der Waals surface area contributed by atoms with Gasteiger partial charge >= 0.3 is 0 Å². The summed E-state index contributed by atoms with van der Waals surface area (Å²) in [5.74, 6) is 1.40. The summed E-state index contributed by atoms with van der Waals surface area (Å²) < 4.78 is 19.4. The lowest BCUT2D eigenvalue weighted by Crippen LogP contribution is -2.31. The smallest absolute Gasteiger partial charge is 0.267 e. The van der Waals surface area contributed by atoms with E-state index in [1.54, 1.807) is 36.8 Å². The molecule has 1 aliphatic rings. The molecular weight excluding hydrogens is 385 g/mol. The normalized spacial score (nSPS) is 18.8. The molecule has 1 aliphatic carbocycles. The SMILES string of the molecule is O=C(CCc1ccccc1F)NCC1CCC(c2nnc(-c3cnccn3)o2)CC1. The summed E-state index contributed by atoms with van der Waals surface area (Å²) in [7, 11) is 0. The van der Waals surface area contributed by atoms with Crippen molar-refractivity contribution in [2.75, 3.05) is 6.54 Å². The monoisotopic (exact) mass is 409 g/mol. The molecule has 7 nitrogen and oxygen atoms in total. The van der Waals surface area contributed by atoms with Crippen LogP contribution in [-0.2, 0) is 11.2 Å². The van der Waals surface area contributed by atoms with Crippen molar-refractivity contribution >= 4 is 5.91 Å². The first-order valence-electron chi connectivity index (χ1n) is 10.3. The molecule has 0 aliphatic heterocycles. The Labute approximate surface area is 174 Å². The topological polar surface area (TPSA) is 93.8 Å². The number of carbonyl (C=O) groups is 1. The van der Waals surface area contributed by atoms with Crippen LogP contribution in [0.1, 0.15) is 49.5 Å². The number of nitrogens with zero attached hydrogens (tertiary/aromatic N) is 4. The highest BCUT2D eigenvalue weighted by molar-refractivity contribution is 5.76. The van der Waals surface area contributed by atoms with Gasteiger partial charge in [-0.15, -0.1) is 10.2 Å². The molecule has 0 spiro atoms. The summed E-state index contributed by atoms with van der Waals surface area (Å²) in [5.41, 5.74) is 1.15. The second kappa shape index (κ2) is 9.56. The van der Waals surface area contributed by atoms with Crippen molar-refractivity contribution in [2.45, 2.75) is 44.4 Å². The van der Waals surface area contributed by atoms with Gasteiger partial charge < -0.3 is 9.73 Å². The molecule has 2 aromatic heterocycles. The van der Waals surface area contributed by atoms with Gasteiger partial charge in [0.25, 0.3) is 5.89 Å². The minimum absolute atomic E-state index is 0.0362. The van der Waals surface area contributed by atoms with Crippen LogP contribution >= 0.6 is 0 Å². The van der Waals surface area contributed by atoms with Crippen LogP contribution in [0.2, 0.25) is 0 Å². The van der Waals surface area contributed by atoms with E-state index in [9.17, 15) is 9.18 Å². The van der Waals surface area contributed by atoms with Crippen molar-refractivity contribution in [3.63, 3.8) is 0 Å². The fraction of sp³-hybridized carbons (Fsp3) is 0.409. The van der Waals surface area contributed by atoms with Crippen LogP contribution < -0.4 is 5.32 Å². The molecule has 0 saturated heterocycles. The first-order chi connectivity index (χ1) is 14.7. The molecule has 0 bridgehead atoms. The maximum Gasteiger partial charge on any atom is 0.267 e. The van der Waals surface area contributed by atoms with Crippen LogP contribution in [0.3, 0.4) is 0 Å². The molecular formula is C22H24FN5O2. The number of benzene rings is 1. The lowest BCUT2D eigenvalue weighted by molar-refractivity contribution is -0.121. The zero-order valence-electron chi connectivity index (χ0n) is 16.6. The summed E-state index contributed by atoms with van der Waals surface area (Å²) in [6.45, 7) is 0.650. The first kappa shape index (κ1) is 20.1. The number of carbonyl (C=O) groups excluding carboxylic acids is 1. The van der Waals surface area contributed by atoms with Crippen LogP contribution in [-0.4, -0.2) is 32.6 Å². The lowest BCUT2D eigenvalue weighted by Gasteiger charge is -2.26. The maximum atomic E-state index is 13.6. The zero-order chi connectivity index (χ0) is 20.8. The fourth-order valence-corrected chi connectivity index (χ4v) is 3.82. The third-order valence-electron chi connectivity index (χ3n) is 5.59. The van der Waals surface area contributed by atoms with Crippen molar-refractivity contribution in [3.05, 3.63) is 60.1 Å². The molecule has 0 unspecified atom stereocenters. The van der Waals surface area contributed by atoms with E-state index < -0.39 is 0 Å². The molecule has 1 saturated carbocycles. The highest BCUT2D eigenvalue weighted by Crippen LogP contribution is 2.35. The number of halogens is 1. The highest BCUT2D eigenvalue weighted by Gasteiger charge is 2.27. The van der Waals surface area contributed by atoms with Crippen molar-refractivity contribution in [1.82, 2.24) is 25.5 Å². The zero-order valence-corrected chi connectivity index (χ0v) is 16.6. The number of hydrogen-bond donors (Lipinski definition) is 1. The van der Waals surface area contributed by atoms with E-state index in [1.165, 1.54) is 6.07 Å². The maximum absolute atomic E-state index is 13.6. The molecule has 8 heteroatoms. The van der Waals surface area contributed by atoms with Crippen molar-refractivity contribution in [3.8, 4) is 11.6 Å². The summed E-state index contributed by atoms with van der Waals surface area (Å²) in [4.78, 5) is 20.3. The largest absolute Gasteiger partial charge is 0.419 e. The van der Waals surface area contributed by atoms with Gasteiger partial charge in [-0.2, -0.15) is 0 Å². The summed E-state index contributed by atoms with van der Waals surface area (Å²) >= 11 is 0. The van der Waals surface area contributed by atoms with E-state index in [-0.39, 0.29) is 17.6 Å². The molecule has 1 aromatic carbocycles. The van der Waals surface area contributed by atoms with Crippen LogP contribution in [0.15, 0.2) is 47.3 Å². The van der Waals surface area contributed by atoms with E-state index in [2.05, 4.69) is 25.5 Å². The Kier molecular flexibility index (Phi) is 6.41. The average molecular weight is 409 g/mol. The second-order valence-electron chi connectivity index (χ2n) is 7.65. The van der Waals surface area contributed by atoms with E-state index >= 15 is 0 Å². The van der Waals surface area contributed by atoms with E-state index in [4.69, 9.17) is 4.42 Å². The van der Waals surface area contributed by atoms with E-state index in [0.29, 0.717) is 48.3 Å². The number of aromatic nitrogens is 4. The van der Waals surface area contributed by atoms with Crippen molar-refractivity contribution < 1.29 is 13.6 Å². The number of hydrogen-bond acceptors (Lipinski definition) is 6. The Morgan fingerprint density at radius 2 is 1.97 bits per heavy atom. The third kappa shape index (κ3) is 5.06. The molecule has 0 atom stereocenters. The average Bonchev–Trinajstić information content (AvgIpc) is 3.28. The van der Waals surface area contributed by atoms with Gasteiger partial charge in [-0.3, -0.25) is 9.78 Å². The Bertz CT molecular complexity index is 970. The van der Waals surface area contributed by atoms with Gasteiger partial charge in [0.1, 0.15) is 11.5 Å². The van der Waals surface area contributed by atoms with Gasteiger partial charge in [-0.25, -0.2) is 9.37 Å². The van der Waals surface area contributed by atoms with E-state index in [1.807, 2.05) is 0 Å². The first-order valence-corrected chi connectivity index (χ1v) is 10.3. The minimum Gasteiger partial charge on any atom is -0.419 e. The van der Waals surface area contributed by atoms with Crippen molar-refractivity contribution in [2.24, 2.45) is 5.92 Å². The molecule has 156 valence electrons. The van der Waals surface area contributed by atoms with Gasteiger partial charge in [0.05, 0.1) is 6.20 Å². The molecule has 3 aromatic rings. The Morgan fingerprint density at radius 3 is 2.73 bits per heavy atom. The molecule has 1 fully saturated rings. The Morgan fingerprint density at radius 1 is 1.13 bits per heavy atom. The third-order valence-corrected chi connectivity index (χ3v) is 5.59. The number of aryl methyl sites for hydroxylation is 1. The quantitative estimate of drug-likeness (QED) is 0.640. The fourth-order valence-electron chi connectivity index (χ4n) is 3.82. The van der Waals surface area contributed by atoms with Gasteiger partial charge in [-0.05, 0) is 49.7 Å². The molecule has 1 amide bonds. The lowest BCUT2D eigenvalue weighted by atomic mass is 9.82. The Balaban J connectivity index is 1.20. The predicted octanol–water partition coefficient (Wildman–Crippen LogP) is 3.69. The second-order valence-corrected chi connectivity index (χ2v) is 7.65. The number of rotatable bonds is 7. The van der Waals surface area contributed by atoms with Gasteiger partial charge in [0.2, 0.25) is 11.8 Å². The summed E-state index contributed by atoms with van der Waals surface area (Å²) in [6.07, 6.45) is 9.36. The molecule has 4 rings (SSSR count). The molecule has 30 heavy (non-hydrogen) atoms. The molecule has 0 radical (unpaired) electrons. The summed E-state index contributed by atoms with van der Waals surface area (Å²) in [6, 6.07) is 6.58. The van der Waals surface area contributed by atoms with Gasteiger partial charge in [0.15, 0.2) is 0 Å². The minimum atomic E-state index is -0.257. The van der Waals surface area contributed by atoms with Gasteiger partial charge in [0, 0.05) is 31.3 Å². The van der Waals surface area contributed by atoms with Gasteiger partial charge in [-0.1, -0.05) is 18.2 Å². The number of nitrogens with one attached hydrogen (secondary N) is 1. The van der Waals surface area contributed by atoms with Crippen LogP contribution in [0, 0.1) is 11.7 Å². The summed E-state index contributed by atoms with van der Waals surface area (Å²) in [5, 5.41) is 11.3. The van der Waals surface area contributed by atoms with Crippen LogP contribution in [0.5, 0.6) is 0 Å². The molecule has 2 heterocycles. The number of amides is 1.